The average Bonchev–Trinajstić information content (AvgIpc) is 3.19. The van der Waals surface area contributed by atoms with E-state index in [0.717, 1.165) is 12.0 Å². The minimum absolute atomic E-state index is 0.0148. The number of nitrogens with one attached hydrogen (secondary N) is 1. The molecule has 0 saturated heterocycles. The van der Waals surface area contributed by atoms with E-state index in [1.165, 1.54) is 0 Å². The lowest BCUT2D eigenvalue weighted by Gasteiger charge is -2.10. The lowest BCUT2D eigenvalue weighted by molar-refractivity contribution is -0.122. The van der Waals surface area contributed by atoms with E-state index in [2.05, 4.69) is 5.32 Å². The molecule has 1 aliphatic rings. The Bertz CT molecular complexity index is 479. The summed E-state index contributed by atoms with van der Waals surface area (Å²) in [4.78, 5) is 12.0. The van der Waals surface area contributed by atoms with Gasteiger partial charge in [-0.05, 0) is 36.4 Å². The van der Waals surface area contributed by atoms with Crippen LogP contribution in [0, 0.1) is 11.8 Å². The van der Waals surface area contributed by atoms with Gasteiger partial charge in [-0.2, -0.15) is 0 Å². The second kappa shape index (κ2) is 6.12. The monoisotopic (exact) mass is 300 g/mol. The van der Waals surface area contributed by atoms with Crippen molar-refractivity contribution >= 4 is 29.1 Å². The highest BCUT2D eigenvalue weighted by molar-refractivity contribution is 6.42. The molecule has 1 aliphatic carbocycles. The van der Waals surface area contributed by atoms with Gasteiger partial charge in [0.1, 0.15) is 0 Å². The van der Waals surface area contributed by atoms with E-state index < -0.39 is 0 Å². The summed E-state index contributed by atoms with van der Waals surface area (Å²) in [6.45, 7) is 3.22. The van der Waals surface area contributed by atoms with Gasteiger partial charge in [0.25, 0.3) is 0 Å². The van der Waals surface area contributed by atoms with E-state index in [4.69, 9.17) is 28.9 Å². The Balaban J connectivity index is 1.93. The Morgan fingerprint density at radius 1 is 1.53 bits per heavy atom. The molecule has 19 heavy (non-hydrogen) atoms. The molecule has 1 saturated carbocycles. The first-order chi connectivity index (χ1) is 9.04. The predicted molar refractivity (Wildman–Crippen MR) is 78.5 cm³/mol. The summed E-state index contributed by atoms with van der Waals surface area (Å²) in [5.41, 5.74) is 6.49. The number of hydrogen-bond donors (Lipinski definition) is 2. The molecule has 0 bridgehead atoms. The van der Waals surface area contributed by atoms with Gasteiger partial charge in [-0.3, -0.25) is 4.79 Å². The molecule has 1 amide bonds. The van der Waals surface area contributed by atoms with Gasteiger partial charge in [0, 0.05) is 12.5 Å². The zero-order valence-corrected chi connectivity index (χ0v) is 12.3. The van der Waals surface area contributed by atoms with Crippen molar-refractivity contribution in [1.82, 2.24) is 5.32 Å². The van der Waals surface area contributed by atoms with Gasteiger partial charge in [0.15, 0.2) is 0 Å². The minimum atomic E-state index is 0.0148. The van der Waals surface area contributed by atoms with Gasteiger partial charge in [-0.1, -0.05) is 42.3 Å². The van der Waals surface area contributed by atoms with E-state index in [0.29, 0.717) is 29.1 Å². The fourth-order valence-electron chi connectivity index (χ4n) is 2.12. The van der Waals surface area contributed by atoms with Gasteiger partial charge >= 0.3 is 0 Å². The highest BCUT2D eigenvalue weighted by Crippen LogP contribution is 2.50. The summed E-state index contributed by atoms with van der Waals surface area (Å²) >= 11 is 12.2. The normalized spacial score (nSPS) is 22.9. The SMILES string of the molecule is CC(CN)CNC(=O)C1CC1c1cccc(Cl)c1Cl. The Hall–Kier alpha value is -0.770. The average molecular weight is 301 g/mol. The molecule has 0 heterocycles. The molecular formula is C14H18Cl2N2O. The zero-order chi connectivity index (χ0) is 14.0. The van der Waals surface area contributed by atoms with E-state index >= 15 is 0 Å². The van der Waals surface area contributed by atoms with Crippen molar-refractivity contribution in [3.8, 4) is 0 Å². The van der Waals surface area contributed by atoms with E-state index in [9.17, 15) is 4.79 Å². The Morgan fingerprint density at radius 3 is 2.95 bits per heavy atom. The van der Waals surface area contributed by atoms with Crippen LogP contribution in [0.2, 0.25) is 10.0 Å². The Morgan fingerprint density at radius 2 is 2.26 bits per heavy atom. The highest BCUT2D eigenvalue weighted by Gasteiger charge is 2.44. The lowest BCUT2D eigenvalue weighted by atomic mass is 10.1. The van der Waals surface area contributed by atoms with Gasteiger partial charge in [0.05, 0.1) is 10.0 Å². The van der Waals surface area contributed by atoms with Gasteiger partial charge in [0.2, 0.25) is 5.91 Å². The molecule has 5 heteroatoms. The number of benzene rings is 1. The molecule has 3 unspecified atom stereocenters. The van der Waals surface area contributed by atoms with Crippen molar-refractivity contribution in [2.45, 2.75) is 19.3 Å². The van der Waals surface area contributed by atoms with Crippen LogP contribution in [0.25, 0.3) is 0 Å². The summed E-state index contributed by atoms with van der Waals surface area (Å²) in [5, 5.41) is 4.05. The van der Waals surface area contributed by atoms with Gasteiger partial charge in [-0.25, -0.2) is 0 Å². The molecule has 2 rings (SSSR count). The topological polar surface area (TPSA) is 55.1 Å². The molecule has 0 aliphatic heterocycles. The number of carbonyl (C=O) groups excluding carboxylic acids is 1. The summed E-state index contributed by atoms with van der Waals surface area (Å²) in [5.74, 6) is 0.595. The summed E-state index contributed by atoms with van der Waals surface area (Å²) in [6.07, 6.45) is 0.836. The van der Waals surface area contributed by atoms with Crippen LogP contribution in [0.5, 0.6) is 0 Å². The number of halogens is 2. The number of amides is 1. The van der Waals surface area contributed by atoms with Crippen molar-refractivity contribution in [3.05, 3.63) is 33.8 Å². The predicted octanol–water partition coefficient (Wildman–Crippen LogP) is 2.81. The van der Waals surface area contributed by atoms with Crippen molar-refractivity contribution in [2.24, 2.45) is 17.6 Å². The van der Waals surface area contributed by atoms with Crippen LogP contribution in [0.3, 0.4) is 0 Å². The molecule has 0 radical (unpaired) electrons. The molecule has 0 spiro atoms. The van der Waals surface area contributed by atoms with Crippen molar-refractivity contribution in [1.29, 1.82) is 0 Å². The van der Waals surface area contributed by atoms with Crippen LogP contribution < -0.4 is 11.1 Å². The third kappa shape index (κ3) is 3.41. The van der Waals surface area contributed by atoms with Crippen molar-refractivity contribution < 1.29 is 4.79 Å². The van der Waals surface area contributed by atoms with Crippen LogP contribution >= 0.6 is 23.2 Å². The molecular weight excluding hydrogens is 283 g/mol. The van der Waals surface area contributed by atoms with Crippen LogP contribution in [0.4, 0.5) is 0 Å². The molecule has 1 aromatic carbocycles. The zero-order valence-electron chi connectivity index (χ0n) is 10.8. The van der Waals surface area contributed by atoms with Crippen LogP contribution in [-0.4, -0.2) is 19.0 Å². The molecule has 3 nitrogen and oxygen atoms in total. The molecule has 0 aromatic heterocycles. The number of rotatable bonds is 5. The number of nitrogens with two attached hydrogens (primary N) is 1. The molecule has 1 fully saturated rings. The van der Waals surface area contributed by atoms with E-state index in [1.807, 2.05) is 19.1 Å². The smallest absolute Gasteiger partial charge is 0.223 e. The maximum atomic E-state index is 12.0. The van der Waals surface area contributed by atoms with Crippen LogP contribution in [-0.2, 0) is 4.79 Å². The molecule has 3 N–H and O–H groups in total. The van der Waals surface area contributed by atoms with E-state index in [-0.39, 0.29) is 17.7 Å². The molecule has 3 atom stereocenters. The largest absolute Gasteiger partial charge is 0.356 e. The second-order valence-corrected chi connectivity index (χ2v) is 5.96. The number of hydrogen-bond acceptors (Lipinski definition) is 2. The maximum absolute atomic E-state index is 12.0. The van der Waals surface area contributed by atoms with Crippen LogP contribution in [0.1, 0.15) is 24.8 Å². The van der Waals surface area contributed by atoms with Gasteiger partial charge in [-0.15, -0.1) is 0 Å². The molecule has 104 valence electrons. The fourth-order valence-corrected chi connectivity index (χ4v) is 2.57. The molecule has 1 aromatic rings. The summed E-state index contributed by atoms with van der Waals surface area (Å²) < 4.78 is 0. The first kappa shape index (κ1) is 14.6. The third-order valence-electron chi connectivity index (χ3n) is 3.54. The van der Waals surface area contributed by atoms with E-state index in [1.54, 1.807) is 6.07 Å². The minimum Gasteiger partial charge on any atom is -0.356 e. The first-order valence-corrected chi connectivity index (χ1v) is 7.21. The standard InChI is InChI=1S/C14H18Cl2N2O/c1-8(6-17)7-18-14(19)11-5-10(11)9-3-2-4-12(15)13(9)16/h2-4,8,10-11H,5-7,17H2,1H3,(H,18,19). The lowest BCUT2D eigenvalue weighted by Crippen LogP contribution is -2.32. The van der Waals surface area contributed by atoms with Crippen LogP contribution in [0.15, 0.2) is 18.2 Å². The third-order valence-corrected chi connectivity index (χ3v) is 4.37. The van der Waals surface area contributed by atoms with Gasteiger partial charge < -0.3 is 11.1 Å². The maximum Gasteiger partial charge on any atom is 0.223 e. The highest BCUT2D eigenvalue weighted by atomic mass is 35.5. The summed E-state index contributed by atoms with van der Waals surface area (Å²) in [7, 11) is 0. The van der Waals surface area contributed by atoms with Crippen molar-refractivity contribution in [2.75, 3.05) is 13.1 Å². The number of carbonyl (C=O) groups is 1. The van der Waals surface area contributed by atoms with Crippen molar-refractivity contribution in [3.63, 3.8) is 0 Å². The quantitative estimate of drug-likeness (QED) is 0.878. The Kier molecular flexibility index (Phi) is 4.71. The second-order valence-electron chi connectivity index (χ2n) is 5.18. The Labute approximate surface area is 123 Å². The first-order valence-electron chi connectivity index (χ1n) is 6.46. The fraction of sp³-hybridized carbons (Fsp3) is 0.500. The summed E-state index contributed by atoms with van der Waals surface area (Å²) in [6, 6.07) is 5.57.